The third-order valence-corrected chi connectivity index (χ3v) is 4.17. The lowest BCUT2D eigenvalue weighted by Gasteiger charge is -2.28. The summed E-state index contributed by atoms with van der Waals surface area (Å²) in [5.41, 5.74) is -1.93. The summed E-state index contributed by atoms with van der Waals surface area (Å²) in [7, 11) is -3.92. The van der Waals surface area contributed by atoms with Gasteiger partial charge < -0.3 is 19.7 Å². The second-order valence-corrected chi connectivity index (χ2v) is 7.03. The van der Waals surface area contributed by atoms with Gasteiger partial charge in [0.15, 0.2) is 11.8 Å². The van der Waals surface area contributed by atoms with Crippen molar-refractivity contribution in [3.63, 3.8) is 0 Å². The molecule has 0 bridgehead atoms. The Balaban J connectivity index is 2.18. The molecule has 1 aliphatic rings. The highest BCUT2D eigenvalue weighted by atomic mass is 32.2. The lowest BCUT2D eigenvalue weighted by atomic mass is 9.91. The Morgan fingerprint density at radius 3 is 2.58 bits per heavy atom. The number of sulfonamides is 1. The van der Waals surface area contributed by atoms with Gasteiger partial charge in [-0.3, -0.25) is 0 Å². The predicted molar refractivity (Wildman–Crippen MR) is 79.9 cm³/mol. The van der Waals surface area contributed by atoms with E-state index in [-0.39, 0.29) is 5.56 Å². The molecule has 1 aromatic carbocycles. The zero-order chi connectivity index (χ0) is 18.0. The summed E-state index contributed by atoms with van der Waals surface area (Å²) in [6.07, 6.45) is -4.26. The van der Waals surface area contributed by atoms with Crippen LogP contribution in [-0.2, 0) is 19.5 Å². The van der Waals surface area contributed by atoms with Gasteiger partial charge in [0.2, 0.25) is 10.0 Å². The molecule has 1 heterocycles. The van der Waals surface area contributed by atoms with E-state index in [1.54, 1.807) is 24.3 Å². The zero-order valence-electron chi connectivity index (χ0n) is 12.6. The number of nitriles is 1. The van der Waals surface area contributed by atoms with Crippen molar-refractivity contribution in [1.29, 1.82) is 5.26 Å². The number of carbonyl (C=O) groups is 1. The summed E-state index contributed by atoms with van der Waals surface area (Å²) in [6, 6.07) is 9.59. The van der Waals surface area contributed by atoms with Crippen LogP contribution in [0.5, 0.6) is 0 Å². The van der Waals surface area contributed by atoms with Gasteiger partial charge in [0.05, 0.1) is 17.9 Å². The van der Waals surface area contributed by atoms with Gasteiger partial charge in [0, 0.05) is 0 Å². The molecule has 0 aromatic heterocycles. The van der Waals surface area contributed by atoms with E-state index < -0.39 is 46.6 Å². The molecule has 9 nitrogen and oxygen atoms in total. The van der Waals surface area contributed by atoms with Crippen LogP contribution in [0.4, 0.5) is 0 Å². The quantitative estimate of drug-likeness (QED) is 0.554. The Hall–Kier alpha value is -2.03. The summed E-state index contributed by atoms with van der Waals surface area (Å²) < 4.78 is 34.9. The first-order chi connectivity index (χ1) is 11.2. The van der Waals surface area contributed by atoms with E-state index in [1.807, 2.05) is 4.72 Å². The Labute approximate surface area is 138 Å². The molecule has 3 N–H and O–H groups in total. The number of nitrogens with one attached hydrogen (secondary N) is 1. The molecule has 0 saturated carbocycles. The fourth-order valence-corrected chi connectivity index (χ4v) is 3.25. The molecule has 24 heavy (non-hydrogen) atoms. The van der Waals surface area contributed by atoms with Gasteiger partial charge in [0.25, 0.3) is 0 Å². The molecule has 130 valence electrons. The van der Waals surface area contributed by atoms with Crippen molar-refractivity contribution < 1.29 is 32.9 Å². The lowest BCUT2D eigenvalue weighted by Crippen LogP contribution is -2.61. The number of carbonyl (C=O) groups excluding carboxylic acids is 1. The van der Waals surface area contributed by atoms with E-state index in [4.69, 9.17) is 9.47 Å². The lowest BCUT2D eigenvalue weighted by molar-refractivity contribution is -0.133. The monoisotopic (exact) mass is 356 g/mol. The minimum atomic E-state index is -3.92. The maximum absolute atomic E-state index is 11.9. The van der Waals surface area contributed by atoms with Crippen molar-refractivity contribution >= 4 is 16.0 Å². The Kier molecular flexibility index (Phi) is 5.22. The molecular weight excluding hydrogens is 340 g/mol. The van der Waals surface area contributed by atoms with E-state index in [0.717, 1.165) is 6.26 Å². The summed E-state index contributed by atoms with van der Waals surface area (Å²) in [5.74, 6) is -0.721. The molecule has 2 rings (SSSR count). The topological polar surface area (TPSA) is 146 Å². The highest BCUT2D eigenvalue weighted by Crippen LogP contribution is 2.31. The molecule has 1 saturated heterocycles. The highest BCUT2D eigenvalue weighted by molar-refractivity contribution is 7.88. The maximum atomic E-state index is 11.9. The maximum Gasteiger partial charge on any atom is 0.338 e. The second-order valence-electron chi connectivity index (χ2n) is 5.28. The van der Waals surface area contributed by atoms with Gasteiger partial charge in [-0.1, -0.05) is 18.2 Å². The van der Waals surface area contributed by atoms with Gasteiger partial charge in [0.1, 0.15) is 18.8 Å². The van der Waals surface area contributed by atoms with Crippen LogP contribution >= 0.6 is 0 Å². The molecule has 1 aromatic rings. The highest BCUT2D eigenvalue weighted by Gasteiger charge is 2.58. The van der Waals surface area contributed by atoms with Crippen molar-refractivity contribution in [2.45, 2.75) is 24.0 Å². The molecule has 1 fully saturated rings. The number of benzene rings is 1. The number of aliphatic hydroxyl groups is 2. The molecule has 0 amide bonds. The molecule has 0 spiro atoms. The number of hydrogen-bond acceptors (Lipinski definition) is 8. The second kappa shape index (κ2) is 6.84. The minimum Gasteiger partial charge on any atom is -0.459 e. The number of esters is 1. The first-order valence-electron chi connectivity index (χ1n) is 6.83. The van der Waals surface area contributed by atoms with Crippen LogP contribution in [0.15, 0.2) is 30.3 Å². The van der Waals surface area contributed by atoms with Crippen molar-refractivity contribution in [2.75, 3.05) is 12.9 Å². The van der Waals surface area contributed by atoms with E-state index in [9.17, 15) is 28.7 Å². The first kappa shape index (κ1) is 18.3. The zero-order valence-corrected chi connectivity index (χ0v) is 13.4. The van der Waals surface area contributed by atoms with Crippen LogP contribution in [0, 0.1) is 11.3 Å². The number of rotatable bonds is 5. The van der Waals surface area contributed by atoms with E-state index in [2.05, 4.69) is 0 Å². The van der Waals surface area contributed by atoms with Gasteiger partial charge >= 0.3 is 5.97 Å². The Morgan fingerprint density at radius 1 is 1.42 bits per heavy atom. The van der Waals surface area contributed by atoms with Crippen LogP contribution in [0.3, 0.4) is 0 Å². The molecule has 0 aliphatic carbocycles. The van der Waals surface area contributed by atoms with Crippen LogP contribution in [0.25, 0.3) is 0 Å². The molecule has 1 aliphatic heterocycles. The number of aliphatic hydroxyl groups excluding tert-OH is 2. The van der Waals surface area contributed by atoms with Crippen molar-refractivity contribution in [3.05, 3.63) is 35.9 Å². The fraction of sp³-hybridized carbons (Fsp3) is 0.429. The number of hydrogen-bond donors (Lipinski definition) is 3. The van der Waals surface area contributed by atoms with E-state index >= 15 is 0 Å². The number of ether oxygens (including phenoxy) is 2. The Morgan fingerprint density at radius 2 is 2.04 bits per heavy atom. The van der Waals surface area contributed by atoms with Gasteiger partial charge in [-0.2, -0.15) is 9.98 Å². The van der Waals surface area contributed by atoms with Crippen LogP contribution < -0.4 is 4.72 Å². The van der Waals surface area contributed by atoms with Crippen molar-refractivity contribution in [3.8, 4) is 6.07 Å². The molecule has 0 radical (unpaired) electrons. The van der Waals surface area contributed by atoms with Crippen LogP contribution in [0.1, 0.15) is 10.4 Å². The van der Waals surface area contributed by atoms with E-state index in [0.29, 0.717) is 0 Å². The third-order valence-electron chi connectivity index (χ3n) is 3.46. The summed E-state index contributed by atoms with van der Waals surface area (Å²) in [4.78, 5) is 11.9. The summed E-state index contributed by atoms with van der Waals surface area (Å²) in [6.45, 7) is -0.544. The van der Waals surface area contributed by atoms with Crippen LogP contribution in [-0.4, -0.2) is 61.5 Å². The summed E-state index contributed by atoms with van der Waals surface area (Å²) >= 11 is 0. The van der Waals surface area contributed by atoms with E-state index in [1.165, 1.54) is 12.1 Å². The molecule has 1 unspecified atom stereocenters. The smallest absolute Gasteiger partial charge is 0.338 e. The first-order valence-corrected chi connectivity index (χ1v) is 8.73. The van der Waals surface area contributed by atoms with Crippen molar-refractivity contribution in [1.82, 2.24) is 4.72 Å². The van der Waals surface area contributed by atoms with Gasteiger partial charge in [-0.05, 0) is 12.1 Å². The normalized spacial score (nSPS) is 29.8. The molecule has 10 heteroatoms. The standard InChI is InChI=1S/C14H16N2O7S/c1-24(20,21)16-14(8-15)10(23-13(19)11(14)17)7-22-12(18)9-5-3-2-4-6-9/h2-6,10-11,13,16-17,19H,7H2,1H3/t10-,11+,13?,14-/m1/s1. The van der Waals surface area contributed by atoms with Gasteiger partial charge in [-0.15, -0.1) is 0 Å². The average molecular weight is 356 g/mol. The SMILES string of the molecule is CS(=O)(=O)N[C@]1(C#N)[C@@H](COC(=O)c2ccccc2)OC(O)[C@@H]1O. The summed E-state index contributed by atoms with van der Waals surface area (Å²) in [5, 5.41) is 28.9. The predicted octanol–water partition coefficient (Wildman–Crippen LogP) is -1.27. The minimum absolute atomic E-state index is 0.246. The van der Waals surface area contributed by atoms with Gasteiger partial charge in [-0.25, -0.2) is 13.2 Å². The largest absolute Gasteiger partial charge is 0.459 e. The van der Waals surface area contributed by atoms with Crippen molar-refractivity contribution in [2.24, 2.45) is 0 Å². The average Bonchev–Trinajstić information content (AvgIpc) is 2.76. The third kappa shape index (κ3) is 3.72. The Bertz CT molecular complexity index is 746. The van der Waals surface area contributed by atoms with Crippen LogP contribution in [0.2, 0.25) is 0 Å². The molecular formula is C14H16N2O7S. The number of nitrogens with zero attached hydrogens (tertiary/aromatic N) is 1. The molecule has 4 atom stereocenters. The fourth-order valence-electron chi connectivity index (χ4n) is 2.34.